The molecule has 1 saturated carbocycles. The van der Waals surface area contributed by atoms with Gasteiger partial charge in [-0.15, -0.1) is 0 Å². The molecule has 1 heterocycles. The zero-order chi connectivity index (χ0) is 11.4. The summed E-state index contributed by atoms with van der Waals surface area (Å²) in [6.45, 7) is 9.00. The van der Waals surface area contributed by atoms with Gasteiger partial charge in [-0.3, -0.25) is 4.90 Å². The van der Waals surface area contributed by atoms with Crippen molar-refractivity contribution < 1.29 is 4.74 Å². The van der Waals surface area contributed by atoms with Gasteiger partial charge >= 0.3 is 0 Å². The second-order valence-electron chi connectivity index (χ2n) is 5.87. The van der Waals surface area contributed by atoms with Crippen molar-refractivity contribution in [3.05, 3.63) is 0 Å². The molecule has 94 valence electrons. The zero-order valence-corrected chi connectivity index (χ0v) is 11.0. The molecule has 0 bridgehead atoms. The van der Waals surface area contributed by atoms with Crippen LogP contribution in [0.1, 0.15) is 46.0 Å². The monoisotopic (exact) mass is 225 g/mol. The molecule has 0 spiro atoms. The fraction of sp³-hybridized carbons (Fsp3) is 1.00. The number of hydrogen-bond acceptors (Lipinski definition) is 2. The second kappa shape index (κ2) is 6.02. The predicted octanol–water partition coefficient (Wildman–Crippen LogP) is 2.92. The molecule has 0 N–H and O–H groups in total. The van der Waals surface area contributed by atoms with Crippen molar-refractivity contribution >= 4 is 0 Å². The molecule has 2 fully saturated rings. The molecule has 2 aliphatic rings. The highest BCUT2D eigenvalue weighted by Gasteiger charge is 2.22. The van der Waals surface area contributed by atoms with Gasteiger partial charge in [-0.1, -0.05) is 32.6 Å². The molecule has 1 atom stereocenters. The van der Waals surface area contributed by atoms with Crippen molar-refractivity contribution in [1.29, 1.82) is 0 Å². The molecule has 0 aromatic carbocycles. The smallest absolute Gasteiger partial charge is 0.0619 e. The molecule has 0 aromatic rings. The molecule has 2 rings (SSSR count). The Hall–Kier alpha value is -0.0800. The van der Waals surface area contributed by atoms with Gasteiger partial charge in [0.1, 0.15) is 0 Å². The predicted molar refractivity (Wildman–Crippen MR) is 67.6 cm³/mol. The van der Waals surface area contributed by atoms with E-state index in [1.54, 1.807) is 0 Å². The normalized spacial score (nSPS) is 37.5. The minimum Gasteiger partial charge on any atom is -0.379 e. The first kappa shape index (κ1) is 12.4. The summed E-state index contributed by atoms with van der Waals surface area (Å²) in [4.78, 5) is 2.61. The lowest BCUT2D eigenvalue weighted by Crippen LogP contribution is -2.44. The van der Waals surface area contributed by atoms with E-state index >= 15 is 0 Å². The average Bonchev–Trinajstić information content (AvgIpc) is 2.30. The minimum absolute atomic E-state index is 0.635. The Balaban J connectivity index is 1.66. The largest absolute Gasteiger partial charge is 0.379 e. The maximum absolute atomic E-state index is 5.48. The lowest BCUT2D eigenvalue weighted by Gasteiger charge is -2.35. The Bertz CT molecular complexity index is 199. The van der Waals surface area contributed by atoms with E-state index < -0.39 is 0 Å². The SMILES string of the molecule is CC1CCC(CCN2CCOC[C@H]2C)CC1. The molecule has 0 unspecified atom stereocenters. The van der Waals surface area contributed by atoms with Crippen LogP contribution in [-0.4, -0.2) is 37.2 Å². The van der Waals surface area contributed by atoms with Crippen molar-refractivity contribution in [2.24, 2.45) is 11.8 Å². The van der Waals surface area contributed by atoms with Crippen molar-refractivity contribution in [3.63, 3.8) is 0 Å². The van der Waals surface area contributed by atoms with Crippen molar-refractivity contribution in [2.45, 2.75) is 52.0 Å². The van der Waals surface area contributed by atoms with Gasteiger partial charge in [-0.25, -0.2) is 0 Å². The van der Waals surface area contributed by atoms with Gasteiger partial charge in [-0.2, -0.15) is 0 Å². The summed E-state index contributed by atoms with van der Waals surface area (Å²) in [5.74, 6) is 1.99. The van der Waals surface area contributed by atoms with Crippen LogP contribution in [0.25, 0.3) is 0 Å². The van der Waals surface area contributed by atoms with Crippen LogP contribution in [0.15, 0.2) is 0 Å². The lowest BCUT2D eigenvalue weighted by atomic mass is 9.81. The summed E-state index contributed by atoms with van der Waals surface area (Å²) in [5.41, 5.74) is 0. The van der Waals surface area contributed by atoms with Gasteiger partial charge < -0.3 is 4.74 Å². The summed E-state index contributed by atoms with van der Waals surface area (Å²) < 4.78 is 5.48. The fourth-order valence-corrected chi connectivity index (χ4v) is 3.06. The summed E-state index contributed by atoms with van der Waals surface area (Å²) in [6.07, 6.45) is 7.28. The van der Waals surface area contributed by atoms with E-state index in [0.29, 0.717) is 6.04 Å². The van der Waals surface area contributed by atoms with Gasteiger partial charge in [-0.05, 0) is 31.7 Å². The van der Waals surface area contributed by atoms with Gasteiger partial charge in [0.05, 0.1) is 13.2 Å². The van der Waals surface area contributed by atoms with Crippen molar-refractivity contribution in [2.75, 3.05) is 26.3 Å². The van der Waals surface area contributed by atoms with Crippen LogP contribution in [0, 0.1) is 11.8 Å². The Kier molecular flexibility index (Phi) is 4.66. The quantitative estimate of drug-likeness (QED) is 0.732. The Morgan fingerprint density at radius 2 is 1.88 bits per heavy atom. The zero-order valence-electron chi connectivity index (χ0n) is 11.0. The number of hydrogen-bond donors (Lipinski definition) is 0. The van der Waals surface area contributed by atoms with Crippen molar-refractivity contribution in [1.82, 2.24) is 4.90 Å². The number of morpholine rings is 1. The van der Waals surface area contributed by atoms with Crippen LogP contribution < -0.4 is 0 Å². The Morgan fingerprint density at radius 3 is 2.56 bits per heavy atom. The van der Waals surface area contributed by atoms with Gasteiger partial charge in [0.2, 0.25) is 0 Å². The third kappa shape index (κ3) is 3.46. The summed E-state index contributed by atoms with van der Waals surface area (Å²) in [5, 5.41) is 0. The minimum atomic E-state index is 0.635. The maximum Gasteiger partial charge on any atom is 0.0619 e. The summed E-state index contributed by atoms with van der Waals surface area (Å²) in [7, 11) is 0. The number of ether oxygens (including phenoxy) is 1. The highest BCUT2D eigenvalue weighted by atomic mass is 16.5. The molecular weight excluding hydrogens is 198 g/mol. The maximum atomic E-state index is 5.48. The molecule has 0 aromatic heterocycles. The van der Waals surface area contributed by atoms with E-state index in [2.05, 4.69) is 18.7 Å². The first-order valence-corrected chi connectivity index (χ1v) is 7.07. The first-order valence-electron chi connectivity index (χ1n) is 7.07. The average molecular weight is 225 g/mol. The van der Waals surface area contributed by atoms with Gasteiger partial charge in [0.15, 0.2) is 0 Å². The van der Waals surface area contributed by atoms with Crippen LogP contribution in [0.5, 0.6) is 0 Å². The van der Waals surface area contributed by atoms with Crippen LogP contribution in [-0.2, 0) is 4.74 Å². The number of nitrogens with zero attached hydrogens (tertiary/aromatic N) is 1. The molecule has 2 nitrogen and oxygen atoms in total. The Labute approximate surface area is 100 Å². The Morgan fingerprint density at radius 1 is 1.12 bits per heavy atom. The van der Waals surface area contributed by atoms with E-state index in [1.807, 2.05) is 0 Å². The highest BCUT2D eigenvalue weighted by molar-refractivity contribution is 4.75. The van der Waals surface area contributed by atoms with Crippen molar-refractivity contribution in [3.8, 4) is 0 Å². The molecule has 1 aliphatic heterocycles. The van der Waals surface area contributed by atoms with Gasteiger partial charge in [0, 0.05) is 12.6 Å². The third-order valence-electron chi connectivity index (χ3n) is 4.47. The molecule has 16 heavy (non-hydrogen) atoms. The summed E-state index contributed by atoms with van der Waals surface area (Å²) in [6, 6.07) is 0.635. The molecule has 0 radical (unpaired) electrons. The molecular formula is C14H27NO. The molecule has 1 aliphatic carbocycles. The van der Waals surface area contributed by atoms with Crippen LogP contribution >= 0.6 is 0 Å². The van der Waals surface area contributed by atoms with E-state index in [4.69, 9.17) is 4.74 Å². The van der Waals surface area contributed by atoms with E-state index in [-0.39, 0.29) is 0 Å². The van der Waals surface area contributed by atoms with Crippen LogP contribution in [0.3, 0.4) is 0 Å². The van der Waals surface area contributed by atoms with E-state index in [1.165, 1.54) is 38.6 Å². The fourth-order valence-electron chi connectivity index (χ4n) is 3.06. The first-order chi connectivity index (χ1) is 7.75. The second-order valence-corrected chi connectivity index (χ2v) is 5.87. The summed E-state index contributed by atoms with van der Waals surface area (Å²) >= 11 is 0. The number of rotatable bonds is 3. The third-order valence-corrected chi connectivity index (χ3v) is 4.47. The topological polar surface area (TPSA) is 12.5 Å². The molecule has 0 amide bonds. The van der Waals surface area contributed by atoms with Crippen LogP contribution in [0.2, 0.25) is 0 Å². The van der Waals surface area contributed by atoms with Gasteiger partial charge in [0.25, 0.3) is 0 Å². The van der Waals surface area contributed by atoms with E-state index in [9.17, 15) is 0 Å². The van der Waals surface area contributed by atoms with E-state index in [0.717, 1.165) is 31.6 Å². The highest BCUT2D eigenvalue weighted by Crippen LogP contribution is 2.30. The standard InChI is InChI=1S/C14H27NO/c1-12-3-5-14(6-4-12)7-8-15-9-10-16-11-13(15)2/h12-14H,3-11H2,1-2H3/t12?,13-,14?/m1/s1. The van der Waals surface area contributed by atoms with Crippen LogP contribution in [0.4, 0.5) is 0 Å². The molecule has 2 heteroatoms. The molecule has 1 saturated heterocycles. The lowest BCUT2D eigenvalue weighted by molar-refractivity contribution is -0.00341.